The molecule has 1 aliphatic heterocycles. The molecule has 1 aromatic carbocycles. The highest BCUT2D eigenvalue weighted by atomic mass is 35.5. The molecule has 0 bridgehead atoms. The number of carbonyl (C=O) groups excluding carboxylic acids is 1. The number of alkyl halides is 5. The van der Waals surface area contributed by atoms with Crippen LogP contribution in [0.3, 0.4) is 0 Å². The van der Waals surface area contributed by atoms with E-state index in [1.54, 1.807) is 32.0 Å². The molecule has 3 unspecified atom stereocenters. The van der Waals surface area contributed by atoms with E-state index in [2.05, 4.69) is 10.3 Å². The van der Waals surface area contributed by atoms with Crippen LogP contribution in [0.4, 0.5) is 22.0 Å². The van der Waals surface area contributed by atoms with Gasteiger partial charge in [-0.25, -0.2) is 17.2 Å². The fourth-order valence-corrected chi connectivity index (χ4v) is 8.05. The Kier molecular flexibility index (Phi) is 8.98. The Morgan fingerprint density at radius 2 is 1.90 bits per heavy atom. The number of nitrogens with zero attached hydrogens (tertiary/aromatic N) is 3. The average molecular weight is 648 g/mol. The maximum Gasteiger partial charge on any atom is 0.390 e. The van der Waals surface area contributed by atoms with Crippen LogP contribution in [-0.4, -0.2) is 78.9 Å². The van der Waals surface area contributed by atoms with Crippen molar-refractivity contribution in [1.29, 1.82) is 0 Å². The van der Waals surface area contributed by atoms with Crippen molar-refractivity contribution in [3.8, 4) is 0 Å². The fraction of sp³-hybridized carbons (Fsp3) is 0.692. The number of amides is 1. The van der Waals surface area contributed by atoms with Gasteiger partial charge in [0.15, 0.2) is 6.04 Å². The first-order chi connectivity index (χ1) is 18.9. The van der Waals surface area contributed by atoms with Gasteiger partial charge in [0.25, 0.3) is 0 Å². The smallest absolute Gasteiger partial charge is 0.366 e. The molecule has 2 fully saturated rings. The number of sulfonamides is 1. The van der Waals surface area contributed by atoms with Crippen molar-refractivity contribution in [2.45, 2.75) is 82.7 Å². The molecule has 1 heterocycles. The molecule has 4 rings (SSSR count). The lowest BCUT2D eigenvalue weighted by molar-refractivity contribution is -0.145. The lowest BCUT2D eigenvalue weighted by Gasteiger charge is -2.65. The molecule has 41 heavy (non-hydrogen) atoms. The summed E-state index contributed by atoms with van der Waals surface area (Å²) in [4.78, 5) is 18.8. The minimum absolute atomic E-state index is 0.0732. The molecule has 1 aromatic rings. The summed E-state index contributed by atoms with van der Waals surface area (Å²) >= 11 is 12.1. The number of rotatable bonds is 11. The van der Waals surface area contributed by atoms with E-state index in [0.717, 1.165) is 4.90 Å². The number of aliphatic imine (C=N–C) groups is 1. The second-order valence-corrected chi connectivity index (χ2v) is 14.6. The number of carbonyl (C=O) groups is 1. The van der Waals surface area contributed by atoms with E-state index in [1.165, 1.54) is 11.4 Å². The summed E-state index contributed by atoms with van der Waals surface area (Å²) in [6, 6.07) is 3.28. The Morgan fingerprint density at radius 3 is 2.44 bits per heavy atom. The Balaban J connectivity index is 1.55. The van der Waals surface area contributed by atoms with Crippen LogP contribution >= 0.6 is 23.2 Å². The van der Waals surface area contributed by atoms with Crippen LogP contribution in [0.2, 0.25) is 10.0 Å². The third kappa shape index (κ3) is 6.62. The molecule has 0 aromatic heterocycles. The molecule has 0 radical (unpaired) electrons. The molecular formula is C26H33Cl2F5N4O3S. The number of hydrogen-bond donors (Lipinski definition) is 1. The topological polar surface area (TPSA) is 82.1 Å². The Bertz CT molecular complexity index is 1310. The number of hydrogen-bond acceptors (Lipinski definition) is 5. The predicted octanol–water partition coefficient (Wildman–Crippen LogP) is 5.51. The molecule has 0 saturated heterocycles. The van der Waals surface area contributed by atoms with Crippen molar-refractivity contribution in [3.05, 3.63) is 33.8 Å². The van der Waals surface area contributed by atoms with E-state index in [9.17, 15) is 35.2 Å². The van der Waals surface area contributed by atoms with E-state index >= 15 is 0 Å². The zero-order valence-corrected chi connectivity index (χ0v) is 25.1. The molecule has 1 amide bonds. The van der Waals surface area contributed by atoms with Crippen molar-refractivity contribution in [2.75, 3.05) is 19.3 Å². The number of fused-ring (bicyclic) bond motifs is 1. The van der Waals surface area contributed by atoms with Gasteiger partial charge in [0, 0.05) is 38.0 Å². The normalized spacial score (nSPS) is 27.1. The van der Waals surface area contributed by atoms with Crippen LogP contribution in [0, 0.1) is 11.3 Å². The van der Waals surface area contributed by atoms with Crippen LogP contribution in [0.1, 0.15) is 51.5 Å². The van der Waals surface area contributed by atoms with E-state index in [-0.39, 0.29) is 17.5 Å². The molecular weight excluding hydrogens is 614 g/mol. The van der Waals surface area contributed by atoms with Gasteiger partial charge in [-0.1, -0.05) is 29.3 Å². The Morgan fingerprint density at radius 1 is 1.22 bits per heavy atom. The minimum atomic E-state index is -4.40. The number of halogens is 7. The quantitative estimate of drug-likeness (QED) is 0.322. The maximum atomic E-state index is 13.3. The monoisotopic (exact) mass is 646 g/mol. The van der Waals surface area contributed by atoms with E-state index in [1.807, 2.05) is 0 Å². The fourth-order valence-electron chi connectivity index (χ4n) is 6.04. The van der Waals surface area contributed by atoms with E-state index in [4.69, 9.17) is 23.2 Å². The van der Waals surface area contributed by atoms with Gasteiger partial charge < -0.3 is 10.2 Å². The van der Waals surface area contributed by atoms with Crippen LogP contribution in [0.5, 0.6) is 0 Å². The minimum Gasteiger partial charge on any atom is -0.366 e. The summed E-state index contributed by atoms with van der Waals surface area (Å²) in [5, 5.41) is 3.83. The van der Waals surface area contributed by atoms with Gasteiger partial charge in [0.1, 0.15) is 5.84 Å². The highest BCUT2D eigenvalue weighted by Crippen LogP contribution is 2.64. The summed E-state index contributed by atoms with van der Waals surface area (Å²) in [6.07, 6.45) is -7.39. The molecule has 7 nitrogen and oxygen atoms in total. The summed E-state index contributed by atoms with van der Waals surface area (Å²) in [6.45, 7) is 2.93. The third-order valence-electron chi connectivity index (χ3n) is 8.49. The number of amidine groups is 1. The second kappa shape index (κ2) is 11.4. The van der Waals surface area contributed by atoms with Crippen molar-refractivity contribution < 1.29 is 35.2 Å². The van der Waals surface area contributed by atoms with Gasteiger partial charge in [-0.2, -0.15) is 17.5 Å². The largest absolute Gasteiger partial charge is 0.390 e. The van der Waals surface area contributed by atoms with Crippen molar-refractivity contribution in [3.63, 3.8) is 0 Å². The van der Waals surface area contributed by atoms with Crippen molar-refractivity contribution in [2.24, 2.45) is 16.3 Å². The van der Waals surface area contributed by atoms with Crippen molar-refractivity contribution >= 4 is 45.0 Å². The molecule has 2 saturated carbocycles. The van der Waals surface area contributed by atoms with Gasteiger partial charge in [-0.3, -0.25) is 9.79 Å². The van der Waals surface area contributed by atoms with Gasteiger partial charge in [0.2, 0.25) is 22.4 Å². The zero-order valence-electron chi connectivity index (χ0n) is 22.8. The summed E-state index contributed by atoms with van der Waals surface area (Å²) in [5.41, 5.74) is -0.848. The van der Waals surface area contributed by atoms with Gasteiger partial charge in [0.05, 0.1) is 27.8 Å². The Hall–Kier alpha value is -1.70. The number of likely N-dealkylation sites (N-methyl/N-ethyl adjacent to an activating group) is 1. The van der Waals surface area contributed by atoms with Crippen LogP contribution in [0.15, 0.2) is 23.2 Å². The zero-order chi connectivity index (χ0) is 30.5. The van der Waals surface area contributed by atoms with Gasteiger partial charge in [-0.05, 0) is 56.7 Å². The molecule has 4 atom stereocenters. The number of benzene rings is 1. The standard InChI is InChI=1S/C26H33Cl2F5N4O3S/c1-24(2)21(22(38)36(3)10-9-26(31,32)33)34-23(35-24)25-8-6-16(25)19(13-25)37(41(39,40)11-7-20(29)30)14-15-4-5-17(27)18(28)12-15/h4-5,12,16,19-21H,6-11,13-14H2,1-3H3,(H,34,35)/t16?,19?,21-,25?/m0/s1. The maximum absolute atomic E-state index is 13.3. The molecule has 3 aliphatic rings. The SMILES string of the molecule is CN(CCC(F)(F)F)C(=O)[C@@H]1N=C(C23CCC2C(N(Cc2ccc(Cl)c(Cl)c2)S(=O)(=O)CCC(F)F)C3)NC1(C)C. The first-order valence-corrected chi connectivity index (χ1v) is 15.6. The summed E-state index contributed by atoms with van der Waals surface area (Å²) in [7, 11) is -2.77. The van der Waals surface area contributed by atoms with E-state index in [0.29, 0.717) is 35.7 Å². The van der Waals surface area contributed by atoms with Gasteiger partial charge in [-0.15, -0.1) is 0 Å². The van der Waals surface area contributed by atoms with E-state index < -0.39 is 76.7 Å². The second-order valence-electron chi connectivity index (χ2n) is 11.7. The molecule has 15 heteroatoms. The molecule has 230 valence electrons. The predicted molar refractivity (Wildman–Crippen MR) is 147 cm³/mol. The average Bonchev–Trinajstić information content (AvgIpc) is 3.17. The van der Waals surface area contributed by atoms with Crippen LogP contribution < -0.4 is 5.32 Å². The van der Waals surface area contributed by atoms with Crippen molar-refractivity contribution in [1.82, 2.24) is 14.5 Å². The lowest BCUT2D eigenvalue weighted by Crippen LogP contribution is -2.70. The lowest BCUT2D eigenvalue weighted by atomic mass is 9.44. The molecule has 0 spiro atoms. The molecule has 2 aliphatic carbocycles. The summed E-state index contributed by atoms with van der Waals surface area (Å²) < 4.78 is 92.0. The highest BCUT2D eigenvalue weighted by Gasteiger charge is 2.67. The van der Waals surface area contributed by atoms with Gasteiger partial charge >= 0.3 is 6.18 Å². The summed E-state index contributed by atoms with van der Waals surface area (Å²) in [5.74, 6) is -0.891. The van der Waals surface area contributed by atoms with Crippen LogP contribution in [-0.2, 0) is 21.4 Å². The third-order valence-corrected chi connectivity index (χ3v) is 11.1. The Labute approximate surface area is 246 Å². The highest BCUT2D eigenvalue weighted by molar-refractivity contribution is 7.89. The van der Waals surface area contributed by atoms with Crippen LogP contribution in [0.25, 0.3) is 0 Å². The first kappa shape index (κ1) is 32.2. The molecule has 1 N–H and O–H groups in total. The first-order valence-electron chi connectivity index (χ1n) is 13.3. The number of nitrogens with one attached hydrogen (secondary N) is 1.